The first kappa shape index (κ1) is 20.4. The highest BCUT2D eigenvalue weighted by Crippen LogP contribution is 2.26. The van der Waals surface area contributed by atoms with Crippen molar-refractivity contribution in [3.63, 3.8) is 0 Å². The third-order valence-electron chi connectivity index (χ3n) is 6.90. The molecule has 0 unspecified atom stereocenters. The SMILES string of the molecule is CCN1CCN(c2ncc(N3CCC(C(=O)N4CCC[C@@H](C)C4)CC3)cn2)CC1. The number of hydrogen-bond donors (Lipinski definition) is 0. The van der Waals surface area contributed by atoms with E-state index in [0.717, 1.165) is 89.8 Å². The van der Waals surface area contributed by atoms with E-state index in [-0.39, 0.29) is 5.92 Å². The van der Waals surface area contributed by atoms with Crippen LogP contribution in [0.4, 0.5) is 11.6 Å². The molecule has 7 nitrogen and oxygen atoms in total. The molecule has 0 aliphatic carbocycles. The Bertz CT molecular complexity index is 664. The molecular formula is C22H36N6O. The van der Waals surface area contributed by atoms with Crippen LogP contribution in [0.5, 0.6) is 0 Å². The Kier molecular flexibility index (Phi) is 6.53. The van der Waals surface area contributed by atoms with Gasteiger partial charge in [0, 0.05) is 58.3 Å². The molecule has 1 aromatic heterocycles. The molecule has 0 N–H and O–H groups in total. The molecule has 3 saturated heterocycles. The molecule has 160 valence electrons. The number of aromatic nitrogens is 2. The standard InChI is InChI=1S/C22H36N6O/c1-3-25-11-13-27(14-12-25)22-23-15-20(16-24-22)26-9-6-19(7-10-26)21(29)28-8-4-5-18(2)17-28/h15-16,18-19H,3-14,17H2,1-2H3/t18-/m1/s1. The third-order valence-corrected chi connectivity index (χ3v) is 6.90. The van der Waals surface area contributed by atoms with Gasteiger partial charge in [-0.2, -0.15) is 0 Å². The summed E-state index contributed by atoms with van der Waals surface area (Å²) in [5, 5.41) is 0. The highest BCUT2D eigenvalue weighted by molar-refractivity contribution is 5.79. The van der Waals surface area contributed by atoms with Crippen LogP contribution in [0.3, 0.4) is 0 Å². The summed E-state index contributed by atoms with van der Waals surface area (Å²) < 4.78 is 0. The average molecular weight is 401 g/mol. The van der Waals surface area contributed by atoms with E-state index in [9.17, 15) is 4.79 Å². The Morgan fingerprint density at radius 1 is 0.966 bits per heavy atom. The molecule has 4 rings (SSSR count). The van der Waals surface area contributed by atoms with Crippen LogP contribution in [-0.2, 0) is 4.79 Å². The van der Waals surface area contributed by atoms with Gasteiger partial charge in [0.2, 0.25) is 11.9 Å². The fourth-order valence-corrected chi connectivity index (χ4v) is 4.94. The molecule has 0 radical (unpaired) electrons. The minimum atomic E-state index is 0.187. The van der Waals surface area contributed by atoms with E-state index in [1.807, 2.05) is 12.4 Å². The van der Waals surface area contributed by atoms with Crippen LogP contribution in [0, 0.1) is 11.8 Å². The van der Waals surface area contributed by atoms with Crippen LogP contribution in [-0.4, -0.2) is 84.6 Å². The van der Waals surface area contributed by atoms with Gasteiger partial charge in [0.15, 0.2) is 0 Å². The predicted octanol–water partition coefficient (Wildman–Crippen LogP) is 2.09. The summed E-state index contributed by atoms with van der Waals surface area (Å²) in [5.74, 6) is 2.06. The van der Waals surface area contributed by atoms with Crippen molar-refractivity contribution in [2.24, 2.45) is 11.8 Å². The first-order valence-electron chi connectivity index (χ1n) is 11.5. The van der Waals surface area contributed by atoms with Crippen LogP contribution in [0.2, 0.25) is 0 Å². The highest BCUT2D eigenvalue weighted by Gasteiger charge is 2.30. The lowest BCUT2D eigenvalue weighted by molar-refractivity contribution is -0.137. The average Bonchev–Trinajstić information content (AvgIpc) is 2.79. The van der Waals surface area contributed by atoms with Gasteiger partial charge in [-0.15, -0.1) is 0 Å². The molecule has 29 heavy (non-hydrogen) atoms. The van der Waals surface area contributed by atoms with Crippen LogP contribution >= 0.6 is 0 Å². The van der Waals surface area contributed by atoms with Gasteiger partial charge in [-0.3, -0.25) is 4.79 Å². The van der Waals surface area contributed by atoms with E-state index < -0.39 is 0 Å². The number of piperazine rings is 1. The summed E-state index contributed by atoms with van der Waals surface area (Å²) in [4.78, 5) is 31.4. The monoisotopic (exact) mass is 400 g/mol. The molecular weight excluding hydrogens is 364 g/mol. The second kappa shape index (κ2) is 9.28. The molecule has 3 aliphatic heterocycles. The Morgan fingerprint density at radius 3 is 2.28 bits per heavy atom. The Hall–Kier alpha value is -1.89. The number of likely N-dealkylation sites (N-methyl/N-ethyl adjacent to an activating group) is 1. The molecule has 3 aliphatic rings. The minimum absolute atomic E-state index is 0.187. The van der Waals surface area contributed by atoms with Gasteiger partial charge in [-0.05, 0) is 38.1 Å². The highest BCUT2D eigenvalue weighted by atomic mass is 16.2. The van der Waals surface area contributed by atoms with Gasteiger partial charge in [0.25, 0.3) is 0 Å². The number of anilines is 2. The normalized spacial score (nSPS) is 24.8. The molecule has 0 bridgehead atoms. The Labute approximate surface area is 175 Å². The zero-order valence-corrected chi connectivity index (χ0v) is 18.1. The molecule has 3 fully saturated rings. The molecule has 1 amide bonds. The van der Waals surface area contributed by atoms with Gasteiger partial charge in [0.1, 0.15) is 0 Å². The maximum Gasteiger partial charge on any atom is 0.225 e. The first-order chi connectivity index (χ1) is 14.1. The second-order valence-corrected chi connectivity index (χ2v) is 8.96. The second-order valence-electron chi connectivity index (χ2n) is 8.96. The molecule has 1 aromatic rings. The van der Waals surface area contributed by atoms with Crippen molar-refractivity contribution in [1.82, 2.24) is 19.8 Å². The lowest BCUT2D eigenvalue weighted by atomic mass is 9.92. The molecule has 4 heterocycles. The van der Waals surface area contributed by atoms with Crippen LogP contribution in [0.1, 0.15) is 39.5 Å². The topological polar surface area (TPSA) is 55.8 Å². The van der Waals surface area contributed by atoms with E-state index in [2.05, 4.69) is 43.4 Å². The largest absolute Gasteiger partial charge is 0.369 e. The van der Waals surface area contributed by atoms with Gasteiger partial charge >= 0.3 is 0 Å². The number of carbonyl (C=O) groups is 1. The number of rotatable bonds is 4. The lowest BCUT2D eigenvalue weighted by Gasteiger charge is -2.37. The lowest BCUT2D eigenvalue weighted by Crippen LogP contribution is -2.47. The number of nitrogens with zero attached hydrogens (tertiary/aromatic N) is 6. The Balaban J connectivity index is 1.28. The summed E-state index contributed by atoms with van der Waals surface area (Å²) in [5.41, 5.74) is 1.08. The zero-order valence-electron chi connectivity index (χ0n) is 18.1. The van der Waals surface area contributed by atoms with Crippen molar-refractivity contribution in [3.8, 4) is 0 Å². The van der Waals surface area contributed by atoms with E-state index in [4.69, 9.17) is 0 Å². The quantitative estimate of drug-likeness (QED) is 0.771. The van der Waals surface area contributed by atoms with Crippen molar-refractivity contribution < 1.29 is 4.79 Å². The van der Waals surface area contributed by atoms with Crippen LogP contribution in [0.15, 0.2) is 12.4 Å². The summed E-state index contributed by atoms with van der Waals surface area (Å²) >= 11 is 0. The number of likely N-dealkylation sites (tertiary alicyclic amines) is 1. The number of hydrogen-bond acceptors (Lipinski definition) is 6. The van der Waals surface area contributed by atoms with E-state index in [0.29, 0.717) is 11.8 Å². The fourth-order valence-electron chi connectivity index (χ4n) is 4.94. The number of amides is 1. The van der Waals surface area contributed by atoms with Gasteiger partial charge in [-0.1, -0.05) is 13.8 Å². The molecule has 7 heteroatoms. The number of piperidine rings is 2. The first-order valence-corrected chi connectivity index (χ1v) is 11.5. The number of carbonyl (C=O) groups excluding carboxylic acids is 1. The van der Waals surface area contributed by atoms with Crippen LogP contribution in [0.25, 0.3) is 0 Å². The molecule has 1 atom stereocenters. The van der Waals surface area contributed by atoms with Crippen molar-refractivity contribution in [3.05, 3.63) is 12.4 Å². The van der Waals surface area contributed by atoms with E-state index in [1.54, 1.807) is 0 Å². The molecule has 0 aromatic carbocycles. The van der Waals surface area contributed by atoms with Crippen LogP contribution < -0.4 is 9.80 Å². The van der Waals surface area contributed by atoms with Crippen molar-refractivity contribution in [2.45, 2.75) is 39.5 Å². The third kappa shape index (κ3) is 4.82. The predicted molar refractivity (Wildman–Crippen MR) is 116 cm³/mol. The zero-order chi connectivity index (χ0) is 20.2. The maximum atomic E-state index is 12.9. The van der Waals surface area contributed by atoms with Crippen molar-refractivity contribution in [1.29, 1.82) is 0 Å². The Morgan fingerprint density at radius 2 is 1.66 bits per heavy atom. The van der Waals surface area contributed by atoms with Gasteiger partial charge < -0.3 is 19.6 Å². The summed E-state index contributed by atoms with van der Waals surface area (Å²) in [6.45, 7) is 13.5. The van der Waals surface area contributed by atoms with E-state index >= 15 is 0 Å². The fraction of sp³-hybridized carbons (Fsp3) is 0.773. The minimum Gasteiger partial charge on any atom is -0.369 e. The maximum absolute atomic E-state index is 12.9. The summed E-state index contributed by atoms with van der Waals surface area (Å²) in [6, 6.07) is 0. The smallest absolute Gasteiger partial charge is 0.225 e. The van der Waals surface area contributed by atoms with E-state index in [1.165, 1.54) is 6.42 Å². The van der Waals surface area contributed by atoms with Gasteiger partial charge in [-0.25, -0.2) is 9.97 Å². The summed E-state index contributed by atoms with van der Waals surface area (Å²) in [6.07, 6.45) is 8.20. The van der Waals surface area contributed by atoms with Crippen molar-refractivity contribution in [2.75, 3.05) is 68.7 Å². The molecule has 0 spiro atoms. The molecule has 0 saturated carbocycles. The van der Waals surface area contributed by atoms with Gasteiger partial charge in [0.05, 0.1) is 18.1 Å². The van der Waals surface area contributed by atoms with Crippen molar-refractivity contribution >= 4 is 17.5 Å². The summed E-state index contributed by atoms with van der Waals surface area (Å²) in [7, 11) is 0.